The van der Waals surface area contributed by atoms with E-state index in [0.717, 1.165) is 22.6 Å². The average molecular weight is 334 g/mol. The summed E-state index contributed by atoms with van der Waals surface area (Å²) in [6.45, 7) is 4.06. The van der Waals surface area contributed by atoms with Crippen LogP contribution in [-0.4, -0.2) is 15.9 Å². The lowest BCUT2D eigenvalue weighted by molar-refractivity contribution is 0.0996. The van der Waals surface area contributed by atoms with Crippen LogP contribution < -0.4 is 15.8 Å². The number of nitrogens with two attached hydrogens (primary N) is 1. The van der Waals surface area contributed by atoms with Gasteiger partial charge < -0.3 is 15.8 Å². The van der Waals surface area contributed by atoms with Crippen molar-refractivity contribution in [3.8, 4) is 11.5 Å². The van der Waals surface area contributed by atoms with Crippen LogP contribution in [-0.2, 0) is 0 Å². The van der Waals surface area contributed by atoms with Crippen molar-refractivity contribution < 1.29 is 9.53 Å². The zero-order chi connectivity index (χ0) is 17.8. The first-order chi connectivity index (χ1) is 12.0. The van der Waals surface area contributed by atoms with E-state index in [-0.39, 0.29) is 5.69 Å². The number of rotatable bonds is 5. The van der Waals surface area contributed by atoms with E-state index in [2.05, 4.69) is 21.4 Å². The third-order valence-electron chi connectivity index (χ3n) is 3.48. The number of carbonyl (C=O) groups is 1. The van der Waals surface area contributed by atoms with Gasteiger partial charge in [0.1, 0.15) is 11.5 Å². The van der Waals surface area contributed by atoms with Gasteiger partial charge in [0, 0.05) is 18.1 Å². The minimum atomic E-state index is -0.634. The molecule has 3 N–H and O–H groups in total. The zero-order valence-electron chi connectivity index (χ0n) is 14.0. The SMILES string of the molecule is Cc1cc(C)cc(Oc2ccc(Nc3nccnc3C(N)=O)cc2)c1. The van der Waals surface area contributed by atoms with E-state index < -0.39 is 5.91 Å². The lowest BCUT2D eigenvalue weighted by atomic mass is 10.1. The number of nitrogens with zero attached hydrogens (tertiary/aromatic N) is 2. The molecule has 0 atom stereocenters. The molecule has 0 unspecified atom stereocenters. The number of nitrogens with one attached hydrogen (secondary N) is 1. The van der Waals surface area contributed by atoms with Gasteiger partial charge in [0.05, 0.1) is 0 Å². The second-order valence-electron chi connectivity index (χ2n) is 5.69. The smallest absolute Gasteiger partial charge is 0.271 e. The highest BCUT2D eigenvalue weighted by molar-refractivity contribution is 5.96. The number of benzene rings is 2. The highest BCUT2D eigenvalue weighted by Crippen LogP contribution is 2.26. The highest BCUT2D eigenvalue weighted by atomic mass is 16.5. The number of amides is 1. The van der Waals surface area contributed by atoms with Gasteiger partial charge >= 0.3 is 0 Å². The van der Waals surface area contributed by atoms with Crippen LogP contribution in [0.15, 0.2) is 54.9 Å². The number of carbonyl (C=O) groups excluding carboxylic acids is 1. The normalized spacial score (nSPS) is 10.3. The lowest BCUT2D eigenvalue weighted by Gasteiger charge is -2.10. The van der Waals surface area contributed by atoms with Crippen LogP contribution in [0.4, 0.5) is 11.5 Å². The van der Waals surface area contributed by atoms with E-state index >= 15 is 0 Å². The second kappa shape index (κ2) is 7.00. The Labute approximate surface area is 145 Å². The molecule has 0 saturated heterocycles. The molecule has 1 aromatic heterocycles. The van der Waals surface area contributed by atoms with Crippen LogP contribution in [0.25, 0.3) is 0 Å². The summed E-state index contributed by atoms with van der Waals surface area (Å²) < 4.78 is 5.88. The number of anilines is 2. The predicted molar refractivity (Wildman–Crippen MR) is 96.3 cm³/mol. The summed E-state index contributed by atoms with van der Waals surface area (Å²) in [4.78, 5) is 19.4. The molecule has 6 nitrogen and oxygen atoms in total. The summed E-state index contributed by atoms with van der Waals surface area (Å²) in [5.74, 6) is 1.19. The molecular formula is C19H18N4O2. The fourth-order valence-corrected chi connectivity index (χ4v) is 2.48. The molecule has 0 saturated carbocycles. The Bertz CT molecular complexity index is 887. The first-order valence-corrected chi connectivity index (χ1v) is 7.75. The number of ether oxygens (including phenoxy) is 1. The van der Waals surface area contributed by atoms with Crippen molar-refractivity contribution in [1.82, 2.24) is 9.97 Å². The Morgan fingerprint density at radius 3 is 2.24 bits per heavy atom. The fourth-order valence-electron chi connectivity index (χ4n) is 2.48. The van der Waals surface area contributed by atoms with Gasteiger partial charge in [-0.25, -0.2) is 9.97 Å². The quantitative estimate of drug-likeness (QED) is 0.742. The van der Waals surface area contributed by atoms with Crippen LogP contribution in [0.5, 0.6) is 11.5 Å². The summed E-state index contributed by atoms with van der Waals surface area (Å²) in [5, 5.41) is 3.03. The molecule has 0 radical (unpaired) electrons. The van der Waals surface area contributed by atoms with Crippen molar-refractivity contribution in [2.45, 2.75) is 13.8 Å². The molecular weight excluding hydrogens is 316 g/mol. The number of hydrogen-bond acceptors (Lipinski definition) is 5. The topological polar surface area (TPSA) is 90.1 Å². The van der Waals surface area contributed by atoms with Crippen LogP contribution in [0, 0.1) is 13.8 Å². The van der Waals surface area contributed by atoms with Gasteiger partial charge in [-0.3, -0.25) is 4.79 Å². The summed E-state index contributed by atoms with van der Waals surface area (Å²) >= 11 is 0. The molecule has 2 aromatic carbocycles. The van der Waals surface area contributed by atoms with Gasteiger partial charge in [0.15, 0.2) is 11.5 Å². The standard InChI is InChI=1S/C19H18N4O2/c1-12-9-13(2)11-16(10-12)25-15-5-3-14(4-6-15)23-19-17(18(20)24)21-7-8-22-19/h3-11H,1-2H3,(H2,20,24)(H,22,23). The van der Waals surface area contributed by atoms with Gasteiger partial charge in [-0.1, -0.05) is 6.07 Å². The Hall–Kier alpha value is -3.41. The summed E-state index contributed by atoms with van der Waals surface area (Å²) in [6, 6.07) is 13.4. The van der Waals surface area contributed by atoms with Gasteiger partial charge in [-0.2, -0.15) is 0 Å². The molecule has 0 aliphatic carbocycles. The molecule has 1 heterocycles. The van der Waals surface area contributed by atoms with Gasteiger partial charge in [0.2, 0.25) is 0 Å². The molecule has 0 aliphatic rings. The van der Waals surface area contributed by atoms with Crippen molar-refractivity contribution in [1.29, 1.82) is 0 Å². The monoisotopic (exact) mass is 334 g/mol. The Morgan fingerprint density at radius 1 is 0.960 bits per heavy atom. The number of aryl methyl sites for hydroxylation is 2. The number of primary amides is 1. The molecule has 6 heteroatoms. The van der Waals surface area contributed by atoms with Crippen LogP contribution >= 0.6 is 0 Å². The fraction of sp³-hybridized carbons (Fsp3) is 0.105. The van der Waals surface area contributed by atoms with Crippen molar-refractivity contribution in [3.63, 3.8) is 0 Å². The summed E-state index contributed by atoms with van der Waals surface area (Å²) in [7, 11) is 0. The summed E-state index contributed by atoms with van der Waals surface area (Å²) in [5.41, 5.74) is 8.44. The third-order valence-corrected chi connectivity index (χ3v) is 3.48. The Kier molecular flexibility index (Phi) is 4.61. The van der Waals surface area contributed by atoms with Gasteiger partial charge in [-0.05, 0) is 61.4 Å². The molecule has 0 aliphatic heterocycles. The van der Waals surface area contributed by atoms with E-state index in [1.54, 1.807) is 0 Å². The molecule has 0 spiro atoms. The van der Waals surface area contributed by atoms with Crippen LogP contribution in [0.2, 0.25) is 0 Å². The molecule has 126 valence electrons. The lowest BCUT2D eigenvalue weighted by Crippen LogP contribution is -2.16. The average Bonchev–Trinajstić information content (AvgIpc) is 2.56. The molecule has 1 amide bonds. The maximum absolute atomic E-state index is 11.4. The van der Waals surface area contributed by atoms with E-state index in [1.807, 2.05) is 50.2 Å². The van der Waals surface area contributed by atoms with Crippen LogP contribution in [0.3, 0.4) is 0 Å². The highest BCUT2D eigenvalue weighted by Gasteiger charge is 2.10. The zero-order valence-corrected chi connectivity index (χ0v) is 14.0. The third kappa shape index (κ3) is 4.11. The maximum Gasteiger partial charge on any atom is 0.271 e. The molecule has 3 aromatic rings. The molecule has 3 rings (SSSR count). The minimum Gasteiger partial charge on any atom is -0.457 e. The maximum atomic E-state index is 11.4. The van der Waals surface area contributed by atoms with E-state index in [1.165, 1.54) is 12.4 Å². The number of hydrogen-bond donors (Lipinski definition) is 2. The van der Waals surface area contributed by atoms with Crippen molar-refractivity contribution in [2.24, 2.45) is 5.73 Å². The molecule has 25 heavy (non-hydrogen) atoms. The summed E-state index contributed by atoms with van der Waals surface area (Å²) in [6.07, 6.45) is 2.92. The van der Waals surface area contributed by atoms with E-state index in [0.29, 0.717) is 11.6 Å². The first kappa shape index (κ1) is 16.4. The number of aromatic nitrogens is 2. The largest absolute Gasteiger partial charge is 0.457 e. The minimum absolute atomic E-state index is 0.0954. The van der Waals surface area contributed by atoms with Crippen molar-refractivity contribution in [2.75, 3.05) is 5.32 Å². The second-order valence-corrected chi connectivity index (χ2v) is 5.69. The Balaban J connectivity index is 1.75. The van der Waals surface area contributed by atoms with E-state index in [4.69, 9.17) is 10.5 Å². The van der Waals surface area contributed by atoms with Crippen molar-refractivity contribution in [3.05, 3.63) is 71.7 Å². The molecule has 0 bridgehead atoms. The van der Waals surface area contributed by atoms with E-state index in [9.17, 15) is 4.79 Å². The Morgan fingerprint density at radius 2 is 1.60 bits per heavy atom. The molecule has 0 fully saturated rings. The first-order valence-electron chi connectivity index (χ1n) is 7.75. The predicted octanol–water partition coefficient (Wildman–Crippen LogP) is 3.73. The van der Waals surface area contributed by atoms with Crippen LogP contribution in [0.1, 0.15) is 21.6 Å². The van der Waals surface area contributed by atoms with Gasteiger partial charge in [-0.15, -0.1) is 0 Å². The van der Waals surface area contributed by atoms with Gasteiger partial charge in [0.25, 0.3) is 5.91 Å². The van der Waals surface area contributed by atoms with Crippen molar-refractivity contribution >= 4 is 17.4 Å².